The number of amides is 1. The van der Waals surface area contributed by atoms with Crippen molar-refractivity contribution in [3.05, 3.63) is 0 Å². The maximum Gasteiger partial charge on any atom is 0.231 e. The molecular weight excluding hydrogens is 184 g/mol. The molecule has 0 fully saturated rings. The van der Waals surface area contributed by atoms with E-state index in [0.29, 0.717) is 6.73 Å². The molecule has 0 unspecified atom stereocenters. The molecule has 0 bridgehead atoms. The van der Waals surface area contributed by atoms with Crippen molar-refractivity contribution in [3.8, 4) is 0 Å². The van der Waals surface area contributed by atoms with E-state index in [2.05, 4.69) is 25.0 Å². The number of hydrogen-bond acceptors (Lipinski definition) is 3. The van der Waals surface area contributed by atoms with Crippen LogP contribution in [0, 0.1) is 0 Å². The Labute approximate surface area is 80.8 Å². The third-order valence-electron chi connectivity index (χ3n) is 1.50. The highest BCUT2D eigenvalue weighted by Gasteiger charge is 2.11. The molecule has 0 aliphatic carbocycles. The third-order valence-corrected chi connectivity index (χ3v) is 3.20. The van der Waals surface area contributed by atoms with Crippen molar-refractivity contribution in [3.63, 3.8) is 0 Å². The van der Waals surface area contributed by atoms with Gasteiger partial charge in [0.1, 0.15) is 0 Å². The molecule has 0 aromatic carbocycles. The highest BCUT2D eigenvalue weighted by atomic mass is 28.3. The van der Waals surface area contributed by atoms with E-state index in [1.165, 1.54) is 0 Å². The molecule has 0 radical (unpaired) electrons. The number of rotatable bonds is 7. The first kappa shape index (κ1) is 12.6. The Morgan fingerprint density at radius 1 is 1.46 bits per heavy atom. The summed E-state index contributed by atoms with van der Waals surface area (Å²) in [6, 6.07) is 1.14. The number of nitrogens with one attached hydrogen (secondary N) is 1. The second kappa shape index (κ2) is 6.12. The Morgan fingerprint density at radius 2 is 2.08 bits per heavy atom. The first-order chi connectivity index (χ1) is 5.92. The van der Waals surface area contributed by atoms with Crippen LogP contribution in [0.4, 0.5) is 0 Å². The van der Waals surface area contributed by atoms with E-state index in [9.17, 15) is 4.79 Å². The van der Waals surface area contributed by atoms with E-state index in [1.54, 1.807) is 0 Å². The fraction of sp³-hybridized carbons (Fsp3) is 0.875. The lowest BCUT2D eigenvalue weighted by Crippen LogP contribution is -2.31. The van der Waals surface area contributed by atoms with Gasteiger partial charge in [0.25, 0.3) is 0 Å². The fourth-order valence-corrected chi connectivity index (χ4v) is 1.45. The van der Waals surface area contributed by atoms with Crippen LogP contribution in [0.25, 0.3) is 0 Å². The lowest BCUT2D eigenvalue weighted by Gasteiger charge is -2.15. The number of ether oxygens (including phenoxy) is 1. The van der Waals surface area contributed by atoms with Crippen LogP contribution in [0.3, 0.4) is 0 Å². The molecule has 0 atom stereocenters. The average Bonchev–Trinajstić information content (AvgIpc) is 1.93. The standard InChI is InChI=1S/C8H20N2O2Si/c1-13(2,3)5-4-12-7-10-6-8(9)11/h10H,4-7H2,1-3H3,(H2,9,11). The largest absolute Gasteiger partial charge is 0.369 e. The molecule has 0 rings (SSSR count). The molecule has 0 aromatic rings. The van der Waals surface area contributed by atoms with Gasteiger partial charge < -0.3 is 10.5 Å². The molecule has 13 heavy (non-hydrogen) atoms. The number of carbonyl (C=O) groups is 1. The predicted molar refractivity (Wildman–Crippen MR) is 56.2 cm³/mol. The van der Waals surface area contributed by atoms with Gasteiger partial charge in [-0.3, -0.25) is 10.1 Å². The Bertz CT molecular complexity index is 157. The van der Waals surface area contributed by atoms with Gasteiger partial charge in [-0.1, -0.05) is 19.6 Å². The van der Waals surface area contributed by atoms with Gasteiger partial charge in [0, 0.05) is 14.7 Å². The average molecular weight is 204 g/mol. The molecule has 0 aromatic heterocycles. The molecule has 5 heteroatoms. The SMILES string of the molecule is C[Si](C)(C)CCOCNCC(N)=O. The fourth-order valence-electron chi connectivity index (χ4n) is 0.697. The maximum absolute atomic E-state index is 10.3. The summed E-state index contributed by atoms with van der Waals surface area (Å²) in [5.74, 6) is -0.353. The van der Waals surface area contributed by atoms with Crippen LogP contribution in [0.2, 0.25) is 25.7 Å². The molecule has 0 heterocycles. The Kier molecular flexibility index (Phi) is 5.94. The lowest BCUT2D eigenvalue weighted by atomic mass is 10.6. The minimum absolute atomic E-state index is 0.187. The third kappa shape index (κ3) is 11.6. The summed E-state index contributed by atoms with van der Waals surface area (Å²) in [6.45, 7) is 8.26. The molecule has 78 valence electrons. The summed E-state index contributed by atoms with van der Waals surface area (Å²) in [4.78, 5) is 10.3. The van der Waals surface area contributed by atoms with Crippen LogP contribution in [0.15, 0.2) is 0 Å². The lowest BCUT2D eigenvalue weighted by molar-refractivity contribution is -0.117. The number of carbonyl (C=O) groups excluding carboxylic acids is 1. The second-order valence-electron chi connectivity index (χ2n) is 4.26. The van der Waals surface area contributed by atoms with Gasteiger partial charge in [-0.15, -0.1) is 0 Å². The predicted octanol–water partition coefficient (Wildman–Crippen LogP) is 0.374. The van der Waals surface area contributed by atoms with Gasteiger partial charge >= 0.3 is 0 Å². The van der Waals surface area contributed by atoms with Crippen LogP contribution in [0.1, 0.15) is 0 Å². The first-order valence-corrected chi connectivity index (χ1v) is 8.19. The van der Waals surface area contributed by atoms with Gasteiger partial charge in [-0.05, 0) is 6.04 Å². The second-order valence-corrected chi connectivity index (χ2v) is 9.88. The monoisotopic (exact) mass is 204 g/mol. The van der Waals surface area contributed by atoms with Crippen molar-refractivity contribution in [1.82, 2.24) is 5.32 Å². The topological polar surface area (TPSA) is 64.3 Å². The van der Waals surface area contributed by atoms with E-state index in [1.807, 2.05) is 0 Å². The van der Waals surface area contributed by atoms with Gasteiger partial charge in [0.05, 0.1) is 13.3 Å². The van der Waals surface area contributed by atoms with E-state index in [4.69, 9.17) is 10.5 Å². The van der Waals surface area contributed by atoms with Crippen LogP contribution in [-0.2, 0) is 9.53 Å². The minimum Gasteiger partial charge on any atom is -0.369 e. The highest BCUT2D eigenvalue weighted by Crippen LogP contribution is 2.06. The van der Waals surface area contributed by atoms with Crippen molar-refractivity contribution in [2.75, 3.05) is 19.9 Å². The maximum atomic E-state index is 10.3. The van der Waals surface area contributed by atoms with Crippen molar-refractivity contribution < 1.29 is 9.53 Å². The van der Waals surface area contributed by atoms with Gasteiger partial charge in [-0.25, -0.2) is 0 Å². The van der Waals surface area contributed by atoms with Crippen LogP contribution in [0.5, 0.6) is 0 Å². The molecular formula is C8H20N2O2Si. The zero-order valence-electron chi connectivity index (χ0n) is 8.72. The van der Waals surface area contributed by atoms with Gasteiger partial charge in [0.2, 0.25) is 5.91 Å². The zero-order valence-corrected chi connectivity index (χ0v) is 9.72. The summed E-state index contributed by atoms with van der Waals surface area (Å²) in [7, 11) is -0.984. The Hall–Kier alpha value is -0.393. The van der Waals surface area contributed by atoms with Gasteiger partial charge in [0.15, 0.2) is 0 Å². The molecule has 4 nitrogen and oxygen atoms in total. The smallest absolute Gasteiger partial charge is 0.231 e. The van der Waals surface area contributed by atoms with Crippen molar-refractivity contribution >= 4 is 14.0 Å². The Balaban J connectivity index is 3.13. The summed E-state index contributed by atoms with van der Waals surface area (Å²) >= 11 is 0. The molecule has 1 amide bonds. The van der Waals surface area contributed by atoms with E-state index < -0.39 is 8.07 Å². The quantitative estimate of drug-likeness (QED) is 0.358. The molecule has 0 spiro atoms. The number of primary amides is 1. The summed E-state index contributed by atoms with van der Waals surface area (Å²) < 4.78 is 5.28. The van der Waals surface area contributed by atoms with Crippen LogP contribution < -0.4 is 11.1 Å². The van der Waals surface area contributed by atoms with Gasteiger partial charge in [-0.2, -0.15) is 0 Å². The molecule has 0 saturated heterocycles. The molecule has 3 N–H and O–H groups in total. The zero-order chi connectivity index (χ0) is 10.3. The summed E-state index contributed by atoms with van der Waals surface area (Å²) in [5, 5.41) is 2.79. The van der Waals surface area contributed by atoms with Crippen molar-refractivity contribution in [2.24, 2.45) is 5.73 Å². The number of hydrogen-bond donors (Lipinski definition) is 2. The summed E-state index contributed by atoms with van der Waals surface area (Å²) in [6.07, 6.45) is 0. The highest BCUT2D eigenvalue weighted by molar-refractivity contribution is 6.76. The molecule has 0 saturated carbocycles. The van der Waals surface area contributed by atoms with E-state index in [-0.39, 0.29) is 12.5 Å². The van der Waals surface area contributed by atoms with Crippen LogP contribution >= 0.6 is 0 Å². The Morgan fingerprint density at radius 3 is 2.54 bits per heavy atom. The van der Waals surface area contributed by atoms with E-state index in [0.717, 1.165) is 12.7 Å². The van der Waals surface area contributed by atoms with E-state index >= 15 is 0 Å². The number of nitrogens with two attached hydrogens (primary N) is 1. The molecule has 0 aliphatic heterocycles. The first-order valence-electron chi connectivity index (χ1n) is 4.48. The minimum atomic E-state index is -0.984. The van der Waals surface area contributed by atoms with Crippen LogP contribution in [-0.4, -0.2) is 33.9 Å². The van der Waals surface area contributed by atoms with Crippen molar-refractivity contribution in [2.45, 2.75) is 25.7 Å². The normalized spacial score (nSPS) is 11.6. The van der Waals surface area contributed by atoms with Crippen molar-refractivity contribution in [1.29, 1.82) is 0 Å². The summed E-state index contributed by atoms with van der Waals surface area (Å²) in [5.41, 5.74) is 4.93. The molecule has 0 aliphatic rings.